The molecule has 1 fully saturated rings. The third kappa shape index (κ3) is 3.19. The summed E-state index contributed by atoms with van der Waals surface area (Å²) in [5, 5.41) is 9.37. The number of aliphatic carboxylic acids is 1. The smallest absolute Gasteiger partial charge is 0.309 e. The van der Waals surface area contributed by atoms with E-state index in [1.165, 1.54) is 0 Å². The van der Waals surface area contributed by atoms with E-state index in [-0.39, 0.29) is 0 Å². The Hall–Kier alpha value is -0.610. The van der Waals surface area contributed by atoms with Gasteiger partial charge in [-0.05, 0) is 46.7 Å². The molecule has 1 aliphatic rings. The average molecular weight is 229 g/mol. The zero-order valence-electron chi connectivity index (χ0n) is 10.5. The molecule has 1 heterocycles. The van der Waals surface area contributed by atoms with Crippen molar-refractivity contribution < 1.29 is 14.6 Å². The van der Waals surface area contributed by atoms with Crippen molar-refractivity contribution in [3.63, 3.8) is 0 Å². The quantitative estimate of drug-likeness (QED) is 0.778. The van der Waals surface area contributed by atoms with Crippen molar-refractivity contribution >= 4 is 5.97 Å². The Kier molecular flexibility index (Phi) is 4.74. The first kappa shape index (κ1) is 13.5. The molecule has 1 saturated heterocycles. The molecule has 0 saturated carbocycles. The van der Waals surface area contributed by atoms with Gasteiger partial charge in [-0.1, -0.05) is 0 Å². The Morgan fingerprint density at radius 3 is 2.44 bits per heavy atom. The predicted molar refractivity (Wildman–Crippen MR) is 62.5 cm³/mol. The Balaban J connectivity index is 2.54. The van der Waals surface area contributed by atoms with Crippen molar-refractivity contribution in [2.24, 2.45) is 5.41 Å². The molecule has 0 aromatic carbocycles. The fraction of sp³-hybridized carbons (Fsp3) is 0.917. The van der Waals surface area contributed by atoms with Crippen LogP contribution in [0, 0.1) is 5.41 Å². The molecule has 0 aromatic heterocycles. The van der Waals surface area contributed by atoms with Crippen LogP contribution in [-0.4, -0.2) is 48.8 Å². The zero-order chi connectivity index (χ0) is 12.2. The van der Waals surface area contributed by atoms with Crippen LogP contribution in [0.5, 0.6) is 0 Å². The molecule has 0 spiro atoms. The molecule has 1 N–H and O–H groups in total. The molecule has 94 valence electrons. The van der Waals surface area contributed by atoms with E-state index in [0.29, 0.717) is 32.1 Å². The molecule has 0 bridgehead atoms. The van der Waals surface area contributed by atoms with Crippen LogP contribution in [0.1, 0.15) is 33.1 Å². The molecule has 0 radical (unpaired) electrons. The molecule has 0 aliphatic carbocycles. The molecule has 0 amide bonds. The average Bonchev–Trinajstić information content (AvgIpc) is 2.26. The number of carbonyl (C=O) groups is 1. The van der Waals surface area contributed by atoms with Crippen LogP contribution in [0.25, 0.3) is 0 Å². The van der Waals surface area contributed by atoms with Crippen LogP contribution in [0.4, 0.5) is 0 Å². The van der Waals surface area contributed by atoms with Crippen LogP contribution in [0.15, 0.2) is 0 Å². The van der Waals surface area contributed by atoms with Crippen LogP contribution >= 0.6 is 0 Å². The summed E-state index contributed by atoms with van der Waals surface area (Å²) in [6.45, 7) is 6.24. The lowest BCUT2D eigenvalue weighted by atomic mass is 9.77. The predicted octanol–water partition coefficient (Wildman–Crippen LogP) is 1.60. The fourth-order valence-corrected chi connectivity index (χ4v) is 1.98. The fourth-order valence-electron chi connectivity index (χ4n) is 1.98. The Labute approximate surface area is 97.6 Å². The lowest BCUT2D eigenvalue weighted by molar-refractivity contribution is -0.155. The molecule has 1 aliphatic heterocycles. The summed E-state index contributed by atoms with van der Waals surface area (Å²) in [6.07, 6.45) is 2.02. The van der Waals surface area contributed by atoms with Gasteiger partial charge in [0.05, 0.1) is 5.41 Å². The highest BCUT2D eigenvalue weighted by Crippen LogP contribution is 2.34. The minimum absolute atomic E-state index is 0.464. The van der Waals surface area contributed by atoms with E-state index < -0.39 is 11.4 Å². The summed E-state index contributed by atoms with van der Waals surface area (Å²) >= 11 is 0. The lowest BCUT2D eigenvalue weighted by Gasteiger charge is -2.35. The highest BCUT2D eigenvalue weighted by atomic mass is 16.5. The van der Waals surface area contributed by atoms with E-state index in [1.807, 2.05) is 7.05 Å². The Bertz CT molecular complexity index is 234. The third-order valence-corrected chi connectivity index (χ3v) is 3.73. The van der Waals surface area contributed by atoms with Crippen molar-refractivity contribution in [3.8, 4) is 0 Å². The largest absolute Gasteiger partial charge is 0.481 e. The van der Waals surface area contributed by atoms with Gasteiger partial charge < -0.3 is 14.7 Å². The summed E-state index contributed by atoms with van der Waals surface area (Å²) in [5.41, 5.74) is -0.554. The van der Waals surface area contributed by atoms with Crippen molar-refractivity contribution in [2.45, 2.75) is 39.2 Å². The lowest BCUT2D eigenvalue weighted by Crippen LogP contribution is -2.40. The molecule has 0 unspecified atom stereocenters. The minimum Gasteiger partial charge on any atom is -0.481 e. The highest BCUT2D eigenvalue weighted by Gasteiger charge is 2.39. The van der Waals surface area contributed by atoms with E-state index in [2.05, 4.69) is 18.7 Å². The van der Waals surface area contributed by atoms with Gasteiger partial charge >= 0.3 is 5.97 Å². The second-order valence-electron chi connectivity index (χ2n) is 5.02. The van der Waals surface area contributed by atoms with E-state index >= 15 is 0 Å². The summed E-state index contributed by atoms with van der Waals surface area (Å²) in [5.74, 6) is -0.659. The first-order chi connectivity index (χ1) is 7.48. The van der Waals surface area contributed by atoms with Crippen molar-refractivity contribution in [1.29, 1.82) is 0 Å². The van der Waals surface area contributed by atoms with E-state index in [1.54, 1.807) is 0 Å². The van der Waals surface area contributed by atoms with Crippen LogP contribution in [-0.2, 0) is 9.53 Å². The molecular formula is C12H23NO3. The van der Waals surface area contributed by atoms with Gasteiger partial charge in [-0.3, -0.25) is 4.79 Å². The third-order valence-electron chi connectivity index (χ3n) is 3.73. The SMILES string of the molecule is CC(C)N(C)CCC1(C(=O)O)CCOCC1. The standard InChI is InChI=1S/C12H23NO3/c1-10(2)13(3)7-4-12(11(14)15)5-8-16-9-6-12/h10H,4-9H2,1-3H3,(H,14,15). The molecule has 0 aromatic rings. The maximum atomic E-state index is 11.4. The molecule has 4 nitrogen and oxygen atoms in total. The van der Waals surface area contributed by atoms with Gasteiger partial charge in [-0.25, -0.2) is 0 Å². The van der Waals surface area contributed by atoms with Gasteiger partial charge in [-0.2, -0.15) is 0 Å². The van der Waals surface area contributed by atoms with Crippen LogP contribution in [0.3, 0.4) is 0 Å². The maximum Gasteiger partial charge on any atom is 0.309 e. The van der Waals surface area contributed by atoms with Crippen LogP contribution < -0.4 is 0 Å². The molecule has 1 rings (SSSR count). The number of hydrogen-bond acceptors (Lipinski definition) is 3. The van der Waals surface area contributed by atoms with Gasteiger partial charge in [0.2, 0.25) is 0 Å². The van der Waals surface area contributed by atoms with Gasteiger partial charge in [0, 0.05) is 19.3 Å². The van der Waals surface area contributed by atoms with E-state index in [4.69, 9.17) is 4.74 Å². The summed E-state index contributed by atoms with van der Waals surface area (Å²) in [4.78, 5) is 13.6. The monoisotopic (exact) mass is 229 g/mol. The maximum absolute atomic E-state index is 11.4. The van der Waals surface area contributed by atoms with Gasteiger partial charge in [0.15, 0.2) is 0 Å². The van der Waals surface area contributed by atoms with Crippen molar-refractivity contribution in [3.05, 3.63) is 0 Å². The number of hydrogen-bond donors (Lipinski definition) is 1. The topological polar surface area (TPSA) is 49.8 Å². The van der Waals surface area contributed by atoms with Gasteiger partial charge in [0.1, 0.15) is 0 Å². The normalized spacial score (nSPS) is 20.3. The molecular weight excluding hydrogens is 206 g/mol. The highest BCUT2D eigenvalue weighted by molar-refractivity contribution is 5.74. The summed E-state index contributed by atoms with van der Waals surface area (Å²) in [7, 11) is 2.04. The van der Waals surface area contributed by atoms with Crippen LogP contribution in [0.2, 0.25) is 0 Å². The Morgan fingerprint density at radius 2 is 2.00 bits per heavy atom. The van der Waals surface area contributed by atoms with E-state index in [9.17, 15) is 9.90 Å². The molecule has 0 atom stereocenters. The van der Waals surface area contributed by atoms with E-state index in [0.717, 1.165) is 13.0 Å². The first-order valence-corrected chi connectivity index (χ1v) is 5.99. The second kappa shape index (κ2) is 5.64. The number of carboxylic acid groups (broad SMARTS) is 1. The summed E-state index contributed by atoms with van der Waals surface area (Å²) < 4.78 is 5.25. The van der Waals surface area contributed by atoms with Crippen molar-refractivity contribution in [2.75, 3.05) is 26.8 Å². The number of nitrogens with zero attached hydrogens (tertiary/aromatic N) is 1. The number of rotatable bonds is 5. The minimum atomic E-state index is -0.659. The molecule has 16 heavy (non-hydrogen) atoms. The van der Waals surface area contributed by atoms with Crippen molar-refractivity contribution in [1.82, 2.24) is 4.90 Å². The van der Waals surface area contributed by atoms with Gasteiger partial charge in [0.25, 0.3) is 0 Å². The number of carboxylic acids is 1. The first-order valence-electron chi connectivity index (χ1n) is 5.99. The van der Waals surface area contributed by atoms with Gasteiger partial charge in [-0.15, -0.1) is 0 Å². The zero-order valence-corrected chi connectivity index (χ0v) is 10.5. The Morgan fingerprint density at radius 1 is 1.44 bits per heavy atom. The second-order valence-corrected chi connectivity index (χ2v) is 5.02. The molecule has 4 heteroatoms. The number of ether oxygens (including phenoxy) is 1. The summed E-state index contributed by atoms with van der Waals surface area (Å²) in [6, 6.07) is 0.464.